The van der Waals surface area contributed by atoms with Crippen molar-refractivity contribution < 1.29 is 9.59 Å². The molecule has 0 radical (unpaired) electrons. The number of carbonyl (C=O) groups excluding carboxylic acids is 2. The van der Waals surface area contributed by atoms with Crippen LogP contribution in [0.15, 0.2) is 66.9 Å². The molecule has 0 bridgehead atoms. The Morgan fingerprint density at radius 1 is 1.04 bits per heavy atom. The molecule has 0 unspecified atom stereocenters. The highest BCUT2D eigenvalue weighted by molar-refractivity contribution is 5.92. The van der Waals surface area contributed by atoms with Crippen molar-refractivity contribution in [2.45, 2.75) is 25.9 Å². The van der Waals surface area contributed by atoms with Gasteiger partial charge < -0.3 is 10.2 Å². The first-order valence-corrected chi connectivity index (χ1v) is 9.44. The smallest absolute Gasteiger partial charge is 0.272 e. The molecule has 2 heterocycles. The molecule has 2 amide bonds. The lowest BCUT2D eigenvalue weighted by atomic mass is 10.1. The van der Waals surface area contributed by atoms with Gasteiger partial charge in [0.1, 0.15) is 0 Å². The van der Waals surface area contributed by atoms with Gasteiger partial charge in [0.2, 0.25) is 5.91 Å². The van der Waals surface area contributed by atoms with Crippen LogP contribution >= 0.6 is 0 Å². The van der Waals surface area contributed by atoms with Gasteiger partial charge in [-0.3, -0.25) is 9.59 Å². The van der Waals surface area contributed by atoms with Crippen molar-refractivity contribution in [3.8, 4) is 5.69 Å². The first kappa shape index (κ1) is 18.0. The number of hydrogen-bond acceptors (Lipinski definition) is 3. The minimum Gasteiger partial charge on any atom is -0.347 e. The van der Waals surface area contributed by atoms with E-state index in [0.29, 0.717) is 25.2 Å². The van der Waals surface area contributed by atoms with Crippen LogP contribution in [0.2, 0.25) is 0 Å². The molecule has 1 N–H and O–H groups in total. The Bertz CT molecular complexity index is 981. The van der Waals surface area contributed by atoms with Gasteiger partial charge in [-0.1, -0.05) is 42.5 Å². The summed E-state index contributed by atoms with van der Waals surface area (Å²) >= 11 is 0. The number of amides is 2. The van der Waals surface area contributed by atoms with E-state index >= 15 is 0 Å². The van der Waals surface area contributed by atoms with Crippen LogP contribution in [0.3, 0.4) is 0 Å². The Morgan fingerprint density at radius 2 is 1.86 bits per heavy atom. The van der Waals surface area contributed by atoms with Crippen molar-refractivity contribution in [2.24, 2.45) is 0 Å². The normalized spacial score (nSPS) is 13.7. The number of aromatic nitrogens is 2. The van der Waals surface area contributed by atoms with E-state index in [1.165, 1.54) is 0 Å². The second-order valence-corrected chi connectivity index (χ2v) is 6.90. The first-order chi connectivity index (χ1) is 13.7. The quantitative estimate of drug-likeness (QED) is 0.721. The van der Waals surface area contributed by atoms with Gasteiger partial charge in [-0.2, -0.15) is 5.10 Å². The van der Waals surface area contributed by atoms with Crippen LogP contribution in [0.4, 0.5) is 0 Å². The second kappa shape index (κ2) is 8.08. The van der Waals surface area contributed by atoms with E-state index in [4.69, 9.17) is 0 Å². The molecule has 1 aromatic heterocycles. The van der Waals surface area contributed by atoms with Crippen LogP contribution in [0, 0.1) is 0 Å². The summed E-state index contributed by atoms with van der Waals surface area (Å²) in [7, 11) is 0. The molecule has 0 saturated carbocycles. The summed E-state index contributed by atoms with van der Waals surface area (Å²) in [5, 5.41) is 7.26. The van der Waals surface area contributed by atoms with Gasteiger partial charge in [0, 0.05) is 32.3 Å². The molecule has 1 saturated heterocycles. The van der Waals surface area contributed by atoms with Crippen molar-refractivity contribution in [1.29, 1.82) is 0 Å². The zero-order valence-corrected chi connectivity index (χ0v) is 15.5. The average Bonchev–Trinajstić information content (AvgIpc) is 3.37. The van der Waals surface area contributed by atoms with Crippen LogP contribution in [-0.4, -0.2) is 33.0 Å². The summed E-state index contributed by atoms with van der Waals surface area (Å²) in [4.78, 5) is 26.1. The number of likely N-dealkylation sites (tertiary alicyclic amines) is 1. The van der Waals surface area contributed by atoms with Gasteiger partial charge in [-0.05, 0) is 35.7 Å². The third kappa shape index (κ3) is 4.11. The SMILES string of the molecule is O=C(NCc1cccc(CN2CCCC2=O)c1)c1ccn(-c2ccccc2)n1. The van der Waals surface area contributed by atoms with Gasteiger partial charge in [-0.25, -0.2) is 4.68 Å². The summed E-state index contributed by atoms with van der Waals surface area (Å²) in [6, 6.07) is 19.4. The van der Waals surface area contributed by atoms with E-state index in [1.54, 1.807) is 16.9 Å². The molecule has 3 aromatic rings. The molecule has 1 fully saturated rings. The van der Waals surface area contributed by atoms with E-state index < -0.39 is 0 Å². The molecule has 0 spiro atoms. The highest BCUT2D eigenvalue weighted by Gasteiger charge is 2.20. The van der Waals surface area contributed by atoms with E-state index in [2.05, 4.69) is 10.4 Å². The highest BCUT2D eigenvalue weighted by Crippen LogP contribution is 2.15. The monoisotopic (exact) mass is 374 g/mol. The molecule has 6 nitrogen and oxygen atoms in total. The number of nitrogens with one attached hydrogen (secondary N) is 1. The van der Waals surface area contributed by atoms with Crippen molar-refractivity contribution in [2.75, 3.05) is 6.54 Å². The topological polar surface area (TPSA) is 67.2 Å². The fourth-order valence-corrected chi connectivity index (χ4v) is 3.37. The van der Waals surface area contributed by atoms with Crippen molar-refractivity contribution in [3.05, 3.63) is 83.7 Å². The zero-order chi connectivity index (χ0) is 19.3. The van der Waals surface area contributed by atoms with Gasteiger partial charge >= 0.3 is 0 Å². The number of hydrogen-bond donors (Lipinski definition) is 1. The maximum atomic E-state index is 12.4. The Kier molecular flexibility index (Phi) is 5.19. The summed E-state index contributed by atoms with van der Waals surface area (Å²) in [6.45, 7) is 1.87. The number of nitrogens with zero attached hydrogens (tertiary/aromatic N) is 3. The molecule has 142 valence electrons. The lowest BCUT2D eigenvalue weighted by Gasteiger charge is -2.16. The van der Waals surface area contributed by atoms with Gasteiger partial charge in [0.15, 0.2) is 5.69 Å². The lowest BCUT2D eigenvalue weighted by molar-refractivity contribution is -0.128. The number of para-hydroxylation sites is 1. The fourth-order valence-electron chi connectivity index (χ4n) is 3.37. The Morgan fingerprint density at radius 3 is 2.64 bits per heavy atom. The molecule has 1 aliphatic heterocycles. The van der Waals surface area contributed by atoms with Gasteiger partial charge in [-0.15, -0.1) is 0 Å². The molecule has 4 rings (SSSR count). The Labute approximate surface area is 163 Å². The largest absolute Gasteiger partial charge is 0.347 e. The number of carbonyl (C=O) groups is 2. The fraction of sp³-hybridized carbons (Fsp3) is 0.227. The van der Waals surface area contributed by atoms with E-state index in [-0.39, 0.29) is 11.8 Å². The van der Waals surface area contributed by atoms with E-state index in [1.807, 2.05) is 59.5 Å². The Balaban J connectivity index is 1.37. The van der Waals surface area contributed by atoms with E-state index in [0.717, 1.165) is 29.8 Å². The van der Waals surface area contributed by atoms with Gasteiger partial charge in [0.25, 0.3) is 5.91 Å². The second-order valence-electron chi connectivity index (χ2n) is 6.90. The maximum Gasteiger partial charge on any atom is 0.272 e. The molecule has 0 aliphatic carbocycles. The molecular weight excluding hydrogens is 352 g/mol. The standard InChI is InChI=1S/C22H22N4O2/c27-21-10-5-12-25(21)16-18-7-4-6-17(14-18)15-23-22(28)20-11-13-26(24-20)19-8-2-1-3-9-19/h1-4,6-9,11,13-14H,5,10,12,15-16H2,(H,23,28). The summed E-state index contributed by atoms with van der Waals surface area (Å²) < 4.78 is 1.68. The minimum absolute atomic E-state index is 0.213. The highest BCUT2D eigenvalue weighted by atomic mass is 16.2. The third-order valence-corrected chi connectivity index (χ3v) is 4.83. The predicted octanol–water partition coefficient (Wildman–Crippen LogP) is 2.92. The van der Waals surface area contributed by atoms with Crippen LogP contribution in [0.25, 0.3) is 5.69 Å². The third-order valence-electron chi connectivity index (χ3n) is 4.83. The predicted molar refractivity (Wildman–Crippen MR) is 106 cm³/mol. The van der Waals surface area contributed by atoms with Crippen LogP contribution in [-0.2, 0) is 17.9 Å². The average molecular weight is 374 g/mol. The van der Waals surface area contributed by atoms with Gasteiger partial charge in [0.05, 0.1) is 5.69 Å². The molecular formula is C22H22N4O2. The summed E-state index contributed by atoms with van der Waals surface area (Å²) in [5.41, 5.74) is 3.36. The molecule has 28 heavy (non-hydrogen) atoms. The molecule has 2 aromatic carbocycles. The maximum absolute atomic E-state index is 12.4. The Hall–Kier alpha value is -3.41. The van der Waals surface area contributed by atoms with Crippen LogP contribution < -0.4 is 5.32 Å². The number of rotatable bonds is 6. The number of benzene rings is 2. The van der Waals surface area contributed by atoms with Crippen molar-refractivity contribution in [1.82, 2.24) is 20.0 Å². The van der Waals surface area contributed by atoms with E-state index in [9.17, 15) is 9.59 Å². The van der Waals surface area contributed by atoms with Crippen LogP contribution in [0.5, 0.6) is 0 Å². The minimum atomic E-state index is -0.213. The van der Waals surface area contributed by atoms with Crippen molar-refractivity contribution >= 4 is 11.8 Å². The summed E-state index contributed by atoms with van der Waals surface area (Å²) in [6.07, 6.45) is 3.35. The zero-order valence-electron chi connectivity index (χ0n) is 15.5. The molecule has 1 aliphatic rings. The molecule has 6 heteroatoms. The van der Waals surface area contributed by atoms with Crippen LogP contribution in [0.1, 0.15) is 34.5 Å². The summed E-state index contributed by atoms with van der Waals surface area (Å²) in [5.74, 6) is 0.00233. The first-order valence-electron chi connectivity index (χ1n) is 9.44. The lowest BCUT2D eigenvalue weighted by Crippen LogP contribution is -2.25. The molecule has 0 atom stereocenters. The van der Waals surface area contributed by atoms with Crippen molar-refractivity contribution in [3.63, 3.8) is 0 Å².